The second kappa shape index (κ2) is 9.24. The number of nitrogens with one attached hydrogen (secondary N) is 2. The lowest BCUT2D eigenvalue weighted by Gasteiger charge is -2.07. The molecule has 0 spiro atoms. The van der Waals surface area contributed by atoms with E-state index in [2.05, 4.69) is 14.7 Å². The minimum atomic E-state index is -3.23. The van der Waals surface area contributed by atoms with Gasteiger partial charge >= 0.3 is 0 Å². The molecule has 0 fully saturated rings. The SMILES string of the molecule is CCCS(=O)(=O)NCc1ccc(-c2[nH]c(-c3ccccc3)nc2-c2ccncc2)cc1. The van der Waals surface area contributed by atoms with E-state index in [9.17, 15) is 8.42 Å². The van der Waals surface area contributed by atoms with Gasteiger partial charge in [0.15, 0.2) is 0 Å². The molecule has 0 saturated carbocycles. The number of nitrogens with zero attached hydrogens (tertiary/aromatic N) is 2. The predicted octanol–water partition coefficient (Wildman–Crippen LogP) is 4.64. The number of sulfonamides is 1. The molecule has 0 unspecified atom stereocenters. The summed E-state index contributed by atoms with van der Waals surface area (Å²) in [6.07, 6.45) is 4.10. The lowest BCUT2D eigenvalue weighted by atomic mass is 10.0. The summed E-state index contributed by atoms with van der Waals surface area (Å²) in [6.45, 7) is 2.13. The molecule has 0 aliphatic heterocycles. The van der Waals surface area contributed by atoms with Crippen molar-refractivity contribution in [2.75, 3.05) is 5.75 Å². The molecule has 0 amide bonds. The zero-order chi connectivity index (χ0) is 21.7. The molecule has 0 bridgehead atoms. The monoisotopic (exact) mass is 432 g/mol. The molecule has 0 saturated heterocycles. The lowest BCUT2D eigenvalue weighted by Crippen LogP contribution is -2.25. The highest BCUT2D eigenvalue weighted by atomic mass is 32.2. The van der Waals surface area contributed by atoms with Gasteiger partial charge in [-0.15, -0.1) is 0 Å². The highest BCUT2D eigenvalue weighted by molar-refractivity contribution is 7.89. The molecule has 4 aromatic rings. The zero-order valence-corrected chi connectivity index (χ0v) is 18.1. The van der Waals surface area contributed by atoms with E-state index in [1.807, 2.05) is 73.7 Å². The first-order valence-electron chi connectivity index (χ1n) is 10.2. The Morgan fingerprint density at radius 1 is 0.871 bits per heavy atom. The first kappa shape index (κ1) is 21.0. The van der Waals surface area contributed by atoms with Gasteiger partial charge in [0.05, 0.1) is 17.1 Å². The van der Waals surface area contributed by atoms with Crippen molar-refractivity contribution in [3.63, 3.8) is 0 Å². The predicted molar refractivity (Wildman–Crippen MR) is 124 cm³/mol. The maximum atomic E-state index is 11.9. The Hall–Kier alpha value is -3.29. The second-order valence-corrected chi connectivity index (χ2v) is 9.17. The van der Waals surface area contributed by atoms with Gasteiger partial charge in [-0.3, -0.25) is 4.98 Å². The summed E-state index contributed by atoms with van der Waals surface area (Å²) in [5.74, 6) is 0.926. The van der Waals surface area contributed by atoms with Gasteiger partial charge in [0, 0.05) is 35.6 Å². The van der Waals surface area contributed by atoms with E-state index >= 15 is 0 Å². The van der Waals surface area contributed by atoms with Crippen LogP contribution in [0.2, 0.25) is 0 Å². The molecule has 0 radical (unpaired) electrons. The molecule has 158 valence electrons. The quantitative estimate of drug-likeness (QED) is 0.425. The van der Waals surface area contributed by atoms with Gasteiger partial charge in [0.25, 0.3) is 0 Å². The summed E-state index contributed by atoms with van der Waals surface area (Å²) < 4.78 is 26.4. The second-order valence-electron chi connectivity index (χ2n) is 7.25. The summed E-state index contributed by atoms with van der Waals surface area (Å²) >= 11 is 0. The van der Waals surface area contributed by atoms with Crippen LogP contribution in [0.3, 0.4) is 0 Å². The maximum absolute atomic E-state index is 11.9. The third kappa shape index (κ3) is 5.07. The van der Waals surface area contributed by atoms with E-state index in [0.29, 0.717) is 6.42 Å². The number of benzene rings is 2. The molecule has 0 aliphatic rings. The van der Waals surface area contributed by atoms with Crippen molar-refractivity contribution in [2.45, 2.75) is 19.9 Å². The number of aromatic amines is 1. The summed E-state index contributed by atoms with van der Waals surface area (Å²) in [6, 6.07) is 21.7. The third-order valence-electron chi connectivity index (χ3n) is 4.92. The highest BCUT2D eigenvalue weighted by Gasteiger charge is 2.15. The first-order chi connectivity index (χ1) is 15.1. The van der Waals surface area contributed by atoms with Gasteiger partial charge in [0.1, 0.15) is 5.82 Å². The van der Waals surface area contributed by atoms with Crippen LogP contribution in [0.4, 0.5) is 0 Å². The molecule has 4 rings (SSSR count). The van der Waals surface area contributed by atoms with Crippen LogP contribution in [0.1, 0.15) is 18.9 Å². The van der Waals surface area contributed by atoms with Crippen LogP contribution in [-0.4, -0.2) is 29.1 Å². The largest absolute Gasteiger partial charge is 0.337 e. The number of aromatic nitrogens is 3. The number of pyridine rings is 1. The van der Waals surface area contributed by atoms with Crippen molar-refractivity contribution < 1.29 is 8.42 Å². The van der Waals surface area contributed by atoms with Crippen LogP contribution in [0.5, 0.6) is 0 Å². The van der Waals surface area contributed by atoms with E-state index < -0.39 is 10.0 Å². The van der Waals surface area contributed by atoms with E-state index in [1.165, 1.54) is 0 Å². The molecule has 2 aromatic heterocycles. The Morgan fingerprint density at radius 3 is 2.26 bits per heavy atom. The average molecular weight is 433 g/mol. The van der Waals surface area contributed by atoms with E-state index in [1.54, 1.807) is 12.4 Å². The van der Waals surface area contributed by atoms with E-state index in [0.717, 1.165) is 39.5 Å². The summed E-state index contributed by atoms with van der Waals surface area (Å²) in [7, 11) is -3.23. The first-order valence-corrected chi connectivity index (χ1v) is 11.8. The smallest absolute Gasteiger partial charge is 0.211 e. The molecule has 0 aliphatic carbocycles. The maximum Gasteiger partial charge on any atom is 0.211 e. The lowest BCUT2D eigenvalue weighted by molar-refractivity contribution is 0.580. The van der Waals surface area contributed by atoms with Gasteiger partial charge in [-0.05, 0) is 24.1 Å². The Bertz CT molecular complexity index is 1240. The highest BCUT2D eigenvalue weighted by Crippen LogP contribution is 2.32. The number of rotatable bonds is 8. The average Bonchev–Trinajstić information content (AvgIpc) is 3.25. The van der Waals surface area contributed by atoms with Crippen LogP contribution < -0.4 is 4.72 Å². The fraction of sp³-hybridized carbons (Fsp3) is 0.167. The fourth-order valence-electron chi connectivity index (χ4n) is 3.36. The summed E-state index contributed by atoms with van der Waals surface area (Å²) in [5.41, 5.74) is 5.60. The van der Waals surface area contributed by atoms with Gasteiger partial charge in [0.2, 0.25) is 10.0 Å². The molecular formula is C24H24N4O2S. The molecule has 2 N–H and O–H groups in total. The molecule has 2 aromatic carbocycles. The fourth-order valence-corrected chi connectivity index (χ4v) is 4.43. The molecule has 7 heteroatoms. The van der Waals surface area contributed by atoms with Crippen LogP contribution in [-0.2, 0) is 16.6 Å². The Morgan fingerprint density at radius 2 is 1.58 bits per heavy atom. The minimum absolute atomic E-state index is 0.136. The molecular weight excluding hydrogens is 408 g/mol. The van der Waals surface area contributed by atoms with Crippen LogP contribution >= 0.6 is 0 Å². The topological polar surface area (TPSA) is 87.7 Å². The minimum Gasteiger partial charge on any atom is -0.337 e. The Kier molecular flexibility index (Phi) is 6.25. The van der Waals surface area contributed by atoms with Gasteiger partial charge in [-0.25, -0.2) is 18.1 Å². The van der Waals surface area contributed by atoms with Crippen molar-refractivity contribution in [1.29, 1.82) is 0 Å². The van der Waals surface area contributed by atoms with E-state index in [-0.39, 0.29) is 12.3 Å². The number of hydrogen-bond acceptors (Lipinski definition) is 4. The van der Waals surface area contributed by atoms with Gasteiger partial charge in [-0.1, -0.05) is 61.5 Å². The summed E-state index contributed by atoms with van der Waals surface area (Å²) in [4.78, 5) is 12.4. The van der Waals surface area contributed by atoms with Gasteiger partial charge < -0.3 is 4.98 Å². The van der Waals surface area contributed by atoms with Crippen molar-refractivity contribution in [3.05, 3.63) is 84.7 Å². The summed E-state index contributed by atoms with van der Waals surface area (Å²) in [5, 5.41) is 0. The van der Waals surface area contributed by atoms with Crippen LogP contribution in [0.15, 0.2) is 79.1 Å². The zero-order valence-electron chi connectivity index (χ0n) is 17.2. The van der Waals surface area contributed by atoms with Crippen LogP contribution in [0, 0.1) is 0 Å². The van der Waals surface area contributed by atoms with Crippen molar-refractivity contribution in [3.8, 4) is 33.9 Å². The van der Waals surface area contributed by atoms with Crippen molar-refractivity contribution in [1.82, 2.24) is 19.7 Å². The molecule has 6 nitrogen and oxygen atoms in total. The normalized spacial score (nSPS) is 11.5. The Balaban J connectivity index is 1.66. The number of imidazole rings is 1. The standard InChI is InChI=1S/C24H24N4O2S/c1-2-16-31(29,30)26-17-18-8-10-19(11-9-18)22-23(20-12-14-25-15-13-20)28-24(27-22)21-6-4-3-5-7-21/h3-15,26H,2,16-17H2,1H3,(H,27,28). The molecule has 0 atom stereocenters. The number of hydrogen-bond donors (Lipinski definition) is 2. The Labute approximate surface area is 182 Å². The van der Waals surface area contributed by atoms with E-state index in [4.69, 9.17) is 4.98 Å². The van der Waals surface area contributed by atoms with Crippen LogP contribution in [0.25, 0.3) is 33.9 Å². The molecule has 31 heavy (non-hydrogen) atoms. The third-order valence-corrected chi connectivity index (χ3v) is 6.45. The van der Waals surface area contributed by atoms with Crippen molar-refractivity contribution >= 4 is 10.0 Å². The van der Waals surface area contributed by atoms with Crippen molar-refractivity contribution in [2.24, 2.45) is 0 Å². The number of H-pyrrole nitrogens is 1. The van der Waals surface area contributed by atoms with Gasteiger partial charge in [-0.2, -0.15) is 0 Å². The molecule has 2 heterocycles.